The molecular weight excluding hydrogens is 460 g/mol. The molecule has 3 aromatic rings. The van der Waals surface area contributed by atoms with Crippen molar-refractivity contribution in [3.63, 3.8) is 0 Å². The van der Waals surface area contributed by atoms with E-state index >= 15 is 0 Å². The summed E-state index contributed by atoms with van der Waals surface area (Å²) in [5.74, 6) is 0. The van der Waals surface area contributed by atoms with Crippen LogP contribution in [0.5, 0.6) is 0 Å². The van der Waals surface area contributed by atoms with Crippen molar-refractivity contribution in [2.24, 2.45) is 0 Å². The molecule has 0 atom stereocenters. The maximum atomic E-state index is 4.88. The van der Waals surface area contributed by atoms with Gasteiger partial charge in [0.1, 0.15) is 0 Å². The number of para-hydroxylation sites is 1. The van der Waals surface area contributed by atoms with Crippen LogP contribution in [0.25, 0.3) is 22.2 Å². The van der Waals surface area contributed by atoms with E-state index in [0.717, 1.165) is 16.8 Å². The van der Waals surface area contributed by atoms with Gasteiger partial charge in [0, 0.05) is 10.9 Å². The summed E-state index contributed by atoms with van der Waals surface area (Å²) in [7, 11) is 9.75. The standard InChI is InChI=1S/C15H11N.2ClH.Pt/c1-2-6-12(7-3-1)15-11-10-13-8-4-5-9-14(13)16-15;;;/h1-11H;2*1H;/q;;;+2/p-2. The number of aromatic nitrogens is 1. The van der Waals surface area contributed by atoms with Crippen molar-refractivity contribution in [2.45, 2.75) is 0 Å². The first kappa shape index (κ1) is 14.5. The van der Waals surface area contributed by atoms with Gasteiger partial charge in [-0.2, -0.15) is 0 Å². The third-order valence-corrected chi connectivity index (χ3v) is 2.67. The first-order chi connectivity index (χ1) is 9.35. The van der Waals surface area contributed by atoms with Gasteiger partial charge in [-0.1, -0.05) is 54.6 Å². The van der Waals surface area contributed by atoms with Crippen molar-refractivity contribution in [1.82, 2.24) is 4.98 Å². The molecule has 3 rings (SSSR count). The number of hydrogen-bond donors (Lipinski definition) is 0. The Morgan fingerprint density at radius 2 is 1.37 bits per heavy atom. The molecule has 1 aromatic heterocycles. The van der Waals surface area contributed by atoms with Crippen molar-refractivity contribution in [3.05, 3.63) is 66.7 Å². The Morgan fingerprint density at radius 1 is 0.737 bits per heavy atom. The summed E-state index contributed by atoms with van der Waals surface area (Å²) in [5.41, 5.74) is 3.23. The van der Waals surface area contributed by atoms with Gasteiger partial charge in [0.2, 0.25) is 0 Å². The second-order valence-corrected chi connectivity index (χ2v) is 7.08. The number of halogens is 2. The van der Waals surface area contributed by atoms with Gasteiger partial charge in [-0.15, -0.1) is 0 Å². The van der Waals surface area contributed by atoms with Gasteiger partial charge >= 0.3 is 35.3 Å². The molecule has 0 unspecified atom stereocenters. The van der Waals surface area contributed by atoms with E-state index in [-0.39, 0.29) is 0 Å². The van der Waals surface area contributed by atoms with Crippen LogP contribution in [0.1, 0.15) is 0 Å². The second kappa shape index (κ2) is 7.65. The Hall–Kier alpha value is -0.882. The van der Waals surface area contributed by atoms with Gasteiger partial charge in [-0.3, -0.25) is 0 Å². The molecule has 0 radical (unpaired) electrons. The zero-order valence-corrected chi connectivity index (χ0v) is 13.7. The molecule has 0 bridgehead atoms. The summed E-state index contributed by atoms with van der Waals surface area (Å²) >= 11 is -0.472. The molecular formula is C15H11Cl2NPt. The maximum Gasteiger partial charge on any atom is 0.0709 e. The molecule has 0 N–H and O–H groups in total. The molecule has 100 valence electrons. The van der Waals surface area contributed by atoms with E-state index in [2.05, 4.69) is 35.3 Å². The minimum atomic E-state index is -0.472. The average molecular weight is 471 g/mol. The maximum absolute atomic E-state index is 4.88. The molecule has 0 aliphatic heterocycles. The largest absolute Gasteiger partial charge is 0.248 e. The fourth-order valence-corrected chi connectivity index (χ4v) is 1.84. The van der Waals surface area contributed by atoms with Crippen LogP contribution in [0.4, 0.5) is 0 Å². The van der Waals surface area contributed by atoms with Gasteiger partial charge in [0.05, 0.1) is 11.2 Å². The molecule has 1 nitrogen and oxygen atoms in total. The Morgan fingerprint density at radius 3 is 2.11 bits per heavy atom. The zero-order valence-electron chi connectivity index (χ0n) is 9.87. The molecule has 2 aromatic carbocycles. The third-order valence-electron chi connectivity index (χ3n) is 2.67. The third kappa shape index (κ3) is 4.04. The molecule has 1 heterocycles. The fraction of sp³-hybridized carbons (Fsp3) is 0. The topological polar surface area (TPSA) is 12.9 Å². The molecule has 0 aliphatic carbocycles. The van der Waals surface area contributed by atoms with Crippen LogP contribution >= 0.6 is 18.8 Å². The Balaban J connectivity index is 0.000000408. The predicted molar refractivity (Wildman–Crippen MR) is 78.9 cm³/mol. The summed E-state index contributed by atoms with van der Waals surface area (Å²) < 4.78 is 0. The second-order valence-electron chi connectivity index (χ2n) is 3.80. The summed E-state index contributed by atoms with van der Waals surface area (Å²) in [6.45, 7) is 0. The van der Waals surface area contributed by atoms with Crippen molar-refractivity contribution in [3.8, 4) is 11.3 Å². The summed E-state index contributed by atoms with van der Waals surface area (Å²) in [4.78, 5) is 4.65. The van der Waals surface area contributed by atoms with E-state index in [1.807, 2.05) is 36.4 Å². The number of nitrogens with zero attached hydrogens (tertiary/aromatic N) is 1. The van der Waals surface area contributed by atoms with Gasteiger partial charge in [-0.05, 0) is 12.1 Å². The number of benzene rings is 2. The predicted octanol–water partition coefficient (Wildman–Crippen LogP) is 5.28. The van der Waals surface area contributed by atoms with Crippen molar-refractivity contribution in [2.75, 3.05) is 0 Å². The summed E-state index contributed by atoms with van der Waals surface area (Å²) in [6.07, 6.45) is 0. The normalized spacial score (nSPS) is 10.0. The molecule has 0 saturated heterocycles. The summed E-state index contributed by atoms with van der Waals surface area (Å²) in [5, 5.41) is 1.18. The smallest absolute Gasteiger partial charge is 0.0709 e. The van der Waals surface area contributed by atoms with Gasteiger partial charge in [0.15, 0.2) is 0 Å². The van der Waals surface area contributed by atoms with E-state index in [1.165, 1.54) is 5.39 Å². The SMILES string of the molecule is [Cl][Pt][Cl].c1ccc(-c2ccc3ccccc3n2)cc1. The van der Waals surface area contributed by atoms with Crippen LogP contribution in [0, 0.1) is 0 Å². The Labute approximate surface area is 129 Å². The van der Waals surface area contributed by atoms with Gasteiger partial charge in [-0.25, -0.2) is 4.98 Å². The minimum absolute atomic E-state index is 0.472. The monoisotopic (exact) mass is 470 g/mol. The quantitative estimate of drug-likeness (QED) is 0.471. The number of rotatable bonds is 1. The molecule has 19 heavy (non-hydrogen) atoms. The van der Waals surface area contributed by atoms with E-state index in [0.29, 0.717) is 0 Å². The first-order valence-electron chi connectivity index (χ1n) is 5.58. The minimum Gasteiger partial charge on any atom is -0.248 e. The Kier molecular flexibility index (Phi) is 5.85. The van der Waals surface area contributed by atoms with Crippen LogP contribution in [0.3, 0.4) is 0 Å². The molecule has 0 saturated carbocycles. The number of hydrogen-bond acceptors (Lipinski definition) is 1. The van der Waals surface area contributed by atoms with Crippen molar-refractivity contribution in [1.29, 1.82) is 0 Å². The van der Waals surface area contributed by atoms with E-state index in [9.17, 15) is 0 Å². The first-order valence-corrected chi connectivity index (χ1v) is 11.2. The summed E-state index contributed by atoms with van der Waals surface area (Å²) in [6, 6.07) is 22.6. The zero-order chi connectivity index (χ0) is 13.5. The average Bonchev–Trinajstić information content (AvgIpc) is 2.48. The van der Waals surface area contributed by atoms with Crippen molar-refractivity contribution >= 4 is 29.7 Å². The van der Waals surface area contributed by atoms with Crippen LogP contribution in [-0.2, 0) is 16.5 Å². The molecule has 0 amide bonds. The molecule has 0 fully saturated rings. The fourth-order valence-electron chi connectivity index (χ4n) is 1.84. The van der Waals surface area contributed by atoms with Gasteiger partial charge in [0.25, 0.3) is 0 Å². The van der Waals surface area contributed by atoms with Crippen molar-refractivity contribution < 1.29 is 16.5 Å². The van der Waals surface area contributed by atoms with E-state index < -0.39 is 16.5 Å². The van der Waals surface area contributed by atoms with Crippen LogP contribution in [0.15, 0.2) is 66.7 Å². The van der Waals surface area contributed by atoms with Crippen LogP contribution < -0.4 is 0 Å². The molecule has 0 aliphatic rings. The van der Waals surface area contributed by atoms with Gasteiger partial charge < -0.3 is 0 Å². The number of pyridine rings is 1. The Bertz CT molecular complexity index is 644. The van der Waals surface area contributed by atoms with Crippen LogP contribution in [0.2, 0.25) is 0 Å². The van der Waals surface area contributed by atoms with E-state index in [4.69, 9.17) is 18.8 Å². The number of fused-ring (bicyclic) bond motifs is 1. The van der Waals surface area contributed by atoms with E-state index in [1.54, 1.807) is 0 Å². The van der Waals surface area contributed by atoms with Crippen LogP contribution in [-0.4, -0.2) is 4.98 Å². The molecule has 0 spiro atoms. The molecule has 4 heteroatoms.